The van der Waals surface area contributed by atoms with Crippen molar-refractivity contribution in [1.82, 2.24) is 0 Å². The lowest BCUT2D eigenvalue weighted by molar-refractivity contribution is 0.483. The lowest BCUT2D eigenvalue weighted by Crippen LogP contribution is -2.01. The second-order valence-corrected chi connectivity index (χ2v) is 3.40. The van der Waals surface area contributed by atoms with Crippen LogP contribution in [0.3, 0.4) is 0 Å². The Balaban J connectivity index is 0.00000121. The molecule has 6 heteroatoms. The largest absolute Gasteiger partial charge is 0.398 e. The molecule has 0 atom stereocenters. The number of para-hydroxylation sites is 1. The lowest BCUT2D eigenvalue weighted by Gasteiger charge is -1.98. The zero-order chi connectivity index (χ0) is 8.48. The van der Waals surface area contributed by atoms with Gasteiger partial charge in [-0.15, -0.1) is 12.4 Å². The van der Waals surface area contributed by atoms with Gasteiger partial charge < -0.3 is 5.73 Å². The molecule has 12 heavy (non-hydrogen) atoms. The fraction of sp³-hybridized carbons (Fsp3) is 0. The summed E-state index contributed by atoms with van der Waals surface area (Å²) in [5.74, 6) is 0. The number of nitrogens with two attached hydrogens (primary N) is 1. The number of rotatable bonds is 1. The molecule has 0 bridgehead atoms. The van der Waals surface area contributed by atoms with Crippen LogP contribution in [0.5, 0.6) is 0 Å². The molecule has 0 spiro atoms. The SMILES string of the molecule is Cl.Nc1ccccc1S(=O)(=O)O. The molecule has 0 saturated heterocycles. The van der Waals surface area contributed by atoms with Gasteiger partial charge in [0.1, 0.15) is 4.90 Å². The molecular formula is C6H8ClNO3S. The third-order valence-corrected chi connectivity index (χ3v) is 2.12. The monoisotopic (exact) mass is 209 g/mol. The maximum absolute atomic E-state index is 10.5. The summed E-state index contributed by atoms with van der Waals surface area (Å²) in [6.07, 6.45) is 0. The fourth-order valence-electron chi connectivity index (χ4n) is 0.715. The predicted octanol–water partition coefficient (Wildman–Crippen LogP) is 0.937. The predicted molar refractivity (Wildman–Crippen MR) is 47.9 cm³/mol. The molecule has 0 amide bonds. The zero-order valence-electron chi connectivity index (χ0n) is 5.97. The van der Waals surface area contributed by atoms with Gasteiger partial charge in [0.25, 0.3) is 10.1 Å². The number of hydrogen-bond donors (Lipinski definition) is 2. The van der Waals surface area contributed by atoms with Gasteiger partial charge in [-0.05, 0) is 12.1 Å². The Labute approximate surface area is 76.6 Å². The van der Waals surface area contributed by atoms with Crippen molar-refractivity contribution in [3.05, 3.63) is 24.3 Å². The molecule has 0 unspecified atom stereocenters. The fourth-order valence-corrected chi connectivity index (χ4v) is 1.33. The van der Waals surface area contributed by atoms with E-state index >= 15 is 0 Å². The summed E-state index contributed by atoms with van der Waals surface area (Å²) in [6, 6.07) is 5.72. The molecule has 0 saturated carbocycles. The molecule has 1 aromatic carbocycles. The topological polar surface area (TPSA) is 80.4 Å². The van der Waals surface area contributed by atoms with E-state index in [0.29, 0.717) is 0 Å². The molecule has 68 valence electrons. The standard InChI is InChI=1S/C6H7NO3S.ClH/c7-5-3-1-2-4-6(5)11(8,9)10;/h1-4H,7H2,(H,8,9,10);1H. The zero-order valence-corrected chi connectivity index (χ0v) is 7.60. The first-order chi connectivity index (χ1) is 5.02. The van der Waals surface area contributed by atoms with Crippen molar-refractivity contribution >= 4 is 28.2 Å². The van der Waals surface area contributed by atoms with Gasteiger partial charge in [0.05, 0.1) is 5.69 Å². The van der Waals surface area contributed by atoms with Crippen molar-refractivity contribution in [2.24, 2.45) is 0 Å². The average molecular weight is 210 g/mol. The Kier molecular flexibility index (Phi) is 3.51. The highest BCUT2D eigenvalue weighted by Gasteiger charge is 2.11. The van der Waals surface area contributed by atoms with Crippen LogP contribution in [0.2, 0.25) is 0 Å². The molecule has 0 radical (unpaired) electrons. The van der Waals surface area contributed by atoms with E-state index in [9.17, 15) is 8.42 Å². The molecule has 1 aromatic rings. The van der Waals surface area contributed by atoms with Crippen LogP contribution in [0, 0.1) is 0 Å². The highest BCUT2D eigenvalue weighted by Crippen LogP contribution is 2.15. The van der Waals surface area contributed by atoms with Crippen LogP contribution in [0.1, 0.15) is 0 Å². The first kappa shape index (κ1) is 11.2. The molecule has 3 N–H and O–H groups in total. The van der Waals surface area contributed by atoms with E-state index in [1.165, 1.54) is 18.2 Å². The Hall–Kier alpha value is -0.780. The minimum absolute atomic E-state index is 0. The summed E-state index contributed by atoms with van der Waals surface area (Å²) in [5.41, 5.74) is 5.32. The van der Waals surface area contributed by atoms with Crippen molar-refractivity contribution in [3.8, 4) is 0 Å². The Morgan fingerprint density at radius 3 is 2.08 bits per heavy atom. The van der Waals surface area contributed by atoms with E-state index < -0.39 is 10.1 Å². The first-order valence-electron chi connectivity index (χ1n) is 2.84. The minimum Gasteiger partial charge on any atom is -0.398 e. The highest BCUT2D eigenvalue weighted by atomic mass is 35.5. The molecule has 0 aliphatic carbocycles. The van der Waals surface area contributed by atoms with Gasteiger partial charge in [-0.2, -0.15) is 8.42 Å². The van der Waals surface area contributed by atoms with E-state index in [1.807, 2.05) is 0 Å². The normalized spacial score (nSPS) is 10.4. The third kappa shape index (κ3) is 2.37. The van der Waals surface area contributed by atoms with E-state index in [-0.39, 0.29) is 23.0 Å². The van der Waals surface area contributed by atoms with Crippen LogP contribution in [-0.2, 0) is 10.1 Å². The van der Waals surface area contributed by atoms with Gasteiger partial charge >= 0.3 is 0 Å². The van der Waals surface area contributed by atoms with Crippen LogP contribution in [-0.4, -0.2) is 13.0 Å². The number of halogens is 1. The first-order valence-corrected chi connectivity index (χ1v) is 4.28. The summed E-state index contributed by atoms with van der Waals surface area (Å²) in [7, 11) is -4.16. The maximum atomic E-state index is 10.5. The molecular weight excluding hydrogens is 202 g/mol. The lowest BCUT2D eigenvalue weighted by atomic mass is 10.3. The maximum Gasteiger partial charge on any atom is 0.296 e. The highest BCUT2D eigenvalue weighted by molar-refractivity contribution is 7.86. The van der Waals surface area contributed by atoms with Gasteiger partial charge in [-0.3, -0.25) is 4.55 Å². The second kappa shape index (κ2) is 3.75. The third-order valence-electron chi connectivity index (χ3n) is 1.20. The van der Waals surface area contributed by atoms with E-state index in [0.717, 1.165) is 0 Å². The Bertz CT molecular complexity index is 363. The number of nitrogen functional groups attached to an aromatic ring is 1. The van der Waals surface area contributed by atoms with Crippen LogP contribution >= 0.6 is 12.4 Å². The van der Waals surface area contributed by atoms with Gasteiger partial charge in [0, 0.05) is 0 Å². The summed E-state index contributed by atoms with van der Waals surface area (Å²) >= 11 is 0. The Morgan fingerprint density at radius 1 is 1.25 bits per heavy atom. The van der Waals surface area contributed by atoms with Crippen molar-refractivity contribution in [2.75, 3.05) is 5.73 Å². The minimum atomic E-state index is -4.16. The average Bonchev–Trinajstić information content (AvgIpc) is 1.86. The number of benzene rings is 1. The van der Waals surface area contributed by atoms with Crippen molar-refractivity contribution in [1.29, 1.82) is 0 Å². The molecule has 1 rings (SSSR count). The van der Waals surface area contributed by atoms with Crippen LogP contribution in [0.25, 0.3) is 0 Å². The molecule has 4 nitrogen and oxygen atoms in total. The molecule has 0 aliphatic heterocycles. The number of anilines is 1. The van der Waals surface area contributed by atoms with Gasteiger partial charge in [0.2, 0.25) is 0 Å². The van der Waals surface area contributed by atoms with Crippen LogP contribution in [0.4, 0.5) is 5.69 Å². The van der Waals surface area contributed by atoms with Crippen LogP contribution in [0.15, 0.2) is 29.2 Å². The smallest absolute Gasteiger partial charge is 0.296 e. The Morgan fingerprint density at radius 2 is 1.75 bits per heavy atom. The van der Waals surface area contributed by atoms with Crippen LogP contribution < -0.4 is 5.73 Å². The summed E-state index contributed by atoms with van der Waals surface area (Å²) in [5, 5.41) is 0. The van der Waals surface area contributed by atoms with E-state index in [4.69, 9.17) is 10.3 Å². The van der Waals surface area contributed by atoms with Crippen molar-refractivity contribution in [2.45, 2.75) is 4.90 Å². The van der Waals surface area contributed by atoms with Gasteiger partial charge in [0.15, 0.2) is 0 Å². The van der Waals surface area contributed by atoms with E-state index in [1.54, 1.807) is 6.07 Å². The molecule has 0 aliphatic rings. The van der Waals surface area contributed by atoms with Gasteiger partial charge in [-0.25, -0.2) is 0 Å². The quantitative estimate of drug-likeness (QED) is 0.533. The molecule has 0 aromatic heterocycles. The van der Waals surface area contributed by atoms with Crippen molar-refractivity contribution < 1.29 is 13.0 Å². The van der Waals surface area contributed by atoms with Crippen molar-refractivity contribution in [3.63, 3.8) is 0 Å². The summed E-state index contributed by atoms with van der Waals surface area (Å²) in [6.45, 7) is 0. The summed E-state index contributed by atoms with van der Waals surface area (Å²) in [4.78, 5) is -0.250. The number of hydrogen-bond acceptors (Lipinski definition) is 3. The summed E-state index contributed by atoms with van der Waals surface area (Å²) < 4.78 is 29.6. The van der Waals surface area contributed by atoms with Gasteiger partial charge in [-0.1, -0.05) is 12.1 Å². The molecule has 0 fully saturated rings. The van der Waals surface area contributed by atoms with E-state index in [2.05, 4.69) is 0 Å². The molecule has 0 heterocycles. The second-order valence-electron chi connectivity index (χ2n) is 2.01.